The van der Waals surface area contributed by atoms with Crippen molar-refractivity contribution in [1.29, 1.82) is 0 Å². The first kappa shape index (κ1) is 11.9. The van der Waals surface area contributed by atoms with Crippen LogP contribution < -0.4 is 4.74 Å². The first-order valence-electron chi connectivity index (χ1n) is 5.06. The first-order valence-corrected chi connectivity index (χ1v) is 5.85. The van der Waals surface area contributed by atoms with Gasteiger partial charge in [0.25, 0.3) is 0 Å². The summed E-state index contributed by atoms with van der Waals surface area (Å²) < 4.78 is 7.52. The van der Waals surface area contributed by atoms with Crippen LogP contribution in [-0.2, 0) is 6.42 Å². The number of aromatic carboxylic acids is 1. The summed E-state index contributed by atoms with van der Waals surface area (Å²) in [4.78, 5) is 11.3. The Morgan fingerprint density at radius 1 is 1.65 bits per heavy atom. The van der Waals surface area contributed by atoms with Crippen molar-refractivity contribution in [2.24, 2.45) is 0 Å². The zero-order valence-electron chi connectivity index (χ0n) is 9.40. The second-order valence-electron chi connectivity index (χ2n) is 3.50. The van der Waals surface area contributed by atoms with Gasteiger partial charge in [0.05, 0.1) is 12.8 Å². The van der Waals surface area contributed by atoms with Gasteiger partial charge in [-0.15, -0.1) is 0 Å². The Hall–Kier alpha value is -1.56. The smallest absolute Gasteiger partial charge is 0.339 e. The van der Waals surface area contributed by atoms with Gasteiger partial charge in [-0.2, -0.15) is 5.10 Å². The van der Waals surface area contributed by atoms with E-state index in [0.29, 0.717) is 23.4 Å². The number of fused-ring (bicyclic) bond motifs is 1. The maximum Gasteiger partial charge on any atom is 0.339 e. The average molecular weight is 299 g/mol. The highest BCUT2D eigenvalue weighted by molar-refractivity contribution is 9.10. The van der Waals surface area contributed by atoms with Gasteiger partial charge in [-0.3, -0.25) is 0 Å². The number of ether oxygens (including phenoxy) is 1. The number of nitrogens with zero attached hydrogens (tertiary/aromatic N) is 2. The molecule has 0 amide bonds. The number of pyridine rings is 1. The summed E-state index contributed by atoms with van der Waals surface area (Å²) in [5, 5.41) is 13.5. The standard InChI is InChI=1S/C11H11BrN2O3/c1-3-7-9(11(15)16)10-8(17-2)4-6(12)5-14(10)13-7/h4-5H,3H2,1-2H3,(H,15,16). The Bertz CT molecular complexity index is 592. The Morgan fingerprint density at radius 2 is 2.35 bits per heavy atom. The Balaban J connectivity index is 2.89. The minimum Gasteiger partial charge on any atom is -0.494 e. The molecule has 0 aliphatic rings. The van der Waals surface area contributed by atoms with Crippen molar-refractivity contribution in [3.63, 3.8) is 0 Å². The lowest BCUT2D eigenvalue weighted by Crippen LogP contribution is -2.00. The van der Waals surface area contributed by atoms with E-state index in [1.807, 2.05) is 6.92 Å². The van der Waals surface area contributed by atoms with Crippen LogP contribution in [0.15, 0.2) is 16.7 Å². The zero-order chi connectivity index (χ0) is 12.6. The lowest BCUT2D eigenvalue weighted by atomic mass is 10.1. The molecule has 0 atom stereocenters. The highest BCUT2D eigenvalue weighted by atomic mass is 79.9. The molecule has 0 aromatic carbocycles. The van der Waals surface area contributed by atoms with Crippen LogP contribution in [-0.4, -0.2) is 27.8 Å². The SMILES string of the molecule is CCc1nn2cc(Br)cc(OC)c2c1C(=O)O. The van der Waals surface area contributed by atoms with E-state index in [1.54, 1.807) is 12.3 Å². The number of aryl methyl sites for hydroxylation is 1. The zero-order valence-corrected chi connectivity index (χ0v) is 11.0. The third-order valence-corrected chi connectivity index (χ3v) is 2.93. The minimum atomic E-state index is -0.988. The monoisotopic (exact) mass is 298 g/mol. The molecule has 0 saturated heterocycles. The third-order valence-electron chi connectivity index (χ3n) is 2.50. The van der Waals surface area contributed by atoms with Crippen LogP contribution in [0.5, 0.6) is 5.75 Å². The molecule has 0 bridgehead atoms. The maximum absolute atomic E-state index is 11.3. The molecule has 0 aliphatic heterocycles. The number of methoxy groups -OCH3 is 1. The molecule has 5 nitrogen and oxygen atoms in total. The van der Waals surface area contributed by atoms with Crippen molar-refractivity contribution in [3.05, 3.63) is 28.0 Å². The number of hydrogen-bond donors (Lipinski definition) is 1. The summed E-state index contributed by atoms with van der Waals surface area (Å²) >= 11 is 3.33. The lowest BCUT2D eigenvalue weighted by molar-refractivity contribution is 0.0697. The first-order chi connectivity index (χ1) is 8.08. The van der Waals surface area contributed by atoms with E-state index in [9.17, 15) is 9.90 Å². The number of rotatable bonds is 3. The van der Waals surface area contributed by atoms with Gasteiger partial charge >= 0.3 is 5.97 Å². The second kappa shape index (κ2) is 4.37. The number of aromatic nitrogens is 2. The normalized spacial score (nSPS) is 10.8. The van der Waals surface area contributed by atoms with E-state index in [-0.39, 0.29) is 5.56 Å². The lowest BCUT2D eigenvalue weighted by Gasteiger charge is -2.04. The highest BCUT2D eigenvalue weighted by Gasteiger charge is 2.21. The van der Waals surface area contributed by atoms with Gasteiger partial charge in [0.1, 0.15) is 16.8 Å². The van der Waals surface area contributed by atoms with Gasteiger partial charge in [-0.25, -0.2) is 9.31 Å². The van der Waals surface area contributed by atoms with Crippen LogP contribution >= 0.6 is 15.9 Å². The minimum absolute atomic E-state index is 0.205. The molecule has 0 unspecified atom stereocenters. The summed E-state index contributed by atoms with van der Waals surface area (Å²) in [7, 11) is 1.51. The molecule has 17 heavy (non-hydrogen) atoms. The maximum atomic E-state index is 11.3. The van der Waals surface area contributed by atoms with E-state index in [1.165, 1.54) is 11.6 Å². The fourth-order valence-electron chi connectivity index (χ4n) is 1.79. The van der Waals surface area contributed by atoms with Crippen LogP contribution in [0.3, 0.4) is 0 Å². The van der Waals surface area contributed by atoms with Gasteiger partial charge in [-0.05, 0) is 28.4 Å². The quantitative estimate of drug-likeness (QED) is 0.945. The summed E-state index contributed by atoms with van der Waals surface area (Å²) in [6.07, 6.45) is 2.27. The van der Waals surface area contributed by atoms with Crippen molar-refractivity contribution in [2.45, 2.75) is 13.3 Å². The van der Waals surface area contributed by atoms with Crippen LogP contribution in [0, 0.1) is 0 Å². The van der Waals surface area contributed by atoms with Crippen molar-refractivity contribution < 1.29 is 14.6 Å². The van der Waals surface area contributed by atoms with Crippen molar-refractivity contribution >= 4 is 27.4 Å². The Kier molecular flexibility index (Phi) is 3.06. The summed E-state index contributed by atoms with van der Waals surface area (Å²) in [5.41, 5.74) is 1.24. The summed E-state index contributed by atoms with van der Waals surface area (Å²) in [6.45, 7) is 1.87. The topological polar surface area (TPSA) is 63.8 Å². The van der Waals surface area contributed by atoms with E-state index in [2.05, 4.69) is 21.0 Å². The third kappa shape index (κ3) is 1.88. The molecule has 2 heterocycles. The molecule has 0 saturated carbocycles. The predicted molar refractivity (Wildman–Crippen MR) is 65.8 cm³/mol. The Labute approximate surface area is 106 Å². The molecule has 2 rings (SSSR count). The van der Waals surface area contributed by atoms with Gasteiger partial charge in [0.2, 0.25) is 0 Å². The van der Waals surface area contributed by atoms with Crippen LogP contribution in [0.2, 0.25) is 0 Å². The molecule has 0 fully saturated rings. The molecule has 2 aromatic heterocycles. The van der Waals surface area contributed by atoms with Gasteiger partial charge in [0.15, 0.2) is 0 Å². The molecule has 6 heteroatoms. The van der Waals surface area contributed by atoms with Gasteiger partial charge in [-0.1, -0.05) is 6.92 Å². The van der Waals surface area contributed by atoms with Crippen molar-refractivity contribution in [2.75, 3.05) is 7.11 Å². The van der Waals surface area contributed by atoms with Crippen molar-refractivity contribution in [1.82, 2.24) is 9.61 Å². The fraction of sp³-hybridized carbons (Fsp3) is 0.273. The highest BCUT2D eigenvalue weighted by Crippen LogP contribution is 2.29. The van der Waals surface area contributed by atoms with E-state index < -0.39 is 5.97 Å². The number of halogens is 1. The van der Waals surface area contributed by atoms with E-state index in [0.717, 1.165) is 4.47 Å². The van der Waals surface area contributed by atoms with Gasteiger partial charge in [0, 0.05) is 10.7 Å². The molecular formula is C11H11BrN2O3. The molecule has 0 radical (unpaired) electrons. The van der Waals surface area contributed by atoms with Crippen molar-refractivity contribution in [3.8, 4) is 5.75 Å². The average Bonchev–Trinajstić information content (AvgIpc) is 2.65. The van der Waals surface area contributed by atoms with E-state index in [4.69, 9.17) is 4.74 Å². The molecule has 0 spiro atoms. The van der Waals surface area contributed by atoms with Gasteiger partial charge < -0.3 is 9.84 Å². The summed E-state index contributed by atoms with van der Waals surface area (Å²) in [5.74, 6) is -0.499. The number of carbonyl (C=O) groups is 1. The fourth-order valence-corrected chi connectivity index (χ4v) is 2.19. The Morgan fingerprint density at radius 3 is 2.88 bits per heavy atom. The van der Waals surface area contributed by atoms with E-state index >= 15 is 0 Å². The summed E-state index contributed by atoms with van der Waals surface area (Å²) in [6, 6.07) is 1.73. The van der Waals surface area contributed by atoms with Crippen LogP contribution in [0.25, 0.3) is 5.52 Å². The molecule has 90 valence electrons. The molecule has 2 aromatic rings. The van der Waals surface area contributed by atoms with Crippen LogP contribution in [0.4, 0.5) is 0 Å². The molecule has 0 aliphatic carbocycles. The predicted octanol–water partition coefficient (Wildman–Crippen LogP) is 2.37. The largest absolute Gasteiger partial charge is 0.494 e. The van der Waals surface area contributed by atoms with Crippen LogP contribution in [0.1, 0.15) is 23.0 Å². The number of carboxylic acids is 1. The number of hydrogen-bond acceptors (Lipinski definition) is 3. The molecular weight excluding hydrogens is 288 g/mol. The number of carboxylic acid groups (broad SMARTS) is 1. The second-order valence-corrected chi connectivity index (χ2v) is 4.42. The molecule has 1 N–H and O–H groups in total.